The third kappa shape index (κ3) is 3.96. The fourth-order valence-corrected chi connectivity index (χ4v) is 3.79. The molecule has 1 aliphatic heterocycles. The van der Waals surface area contributed by atoms with Crippen molar-refractivity contribution in [3.05, 3.63) is 36.3 Å². The molecule has 30 heavy (non-hydrogen) atoms. The van der Waals surface area contributed by atoms with E-state index in [4.69, 9.17) is 16.3 Å². The molecule has 2 unspecified atom stereocenters. The molecule has 11 heteroatoms. The Kier molecular flexibility index (Phi) is 5.60. The number of fused-ring (bicyclic) bond motifs is 1. The van der Waals surface area contributed by atoms with Crippen LogP contribution in [0.1, 0.15) is 0 Å². The third-order valence-corrected chi connectivity index (χ3v) is 5.44. The average Bonchev–Trinajstić information content (AvgIpc) is 3.44. The monoisotopic (exact) mass is 431 g/mol. The van der Waals surface area contributed by atoms with Crippen molar-refractivity contribution in [2.45, 2.75) is 0 Å². The van der Waals surface area contributed by atoms with Crippen LogP contribution in [0.2, 0.25) is 5.02 Å². The van der Waals surface area contributed by atoms with Crippen molar-refractivity contribution in [1.29, 1.82) is 0 Å². The van der Waals surface area contributed by atoms with E-state index in [1.165, 1.54) is 6.08 Å². The Hall–Kier alpha value is -3.11. The van der Waals surface area contributed by atoms with Gasteiger partial charge in [-0.25, -0.2) is 0 Å². The van der Waals surface area contributed by atoms with E-state index >= 15 is 0 Å². The van der Waals surface area contributed by atoms with Gasteiger partial charge in [0.1, 0.15) is 5.65 Å². The number of ether oxygens (including phenoxy) is 1. The van der Waals surface area contributed by atoms with Crippen LogP contribution in [0.5, 0.6) is 5.88 Å². The number of aromatic nitrogens is 5. The quantitative estimate of drug-likeness (QED) is 0.487. The fraction of sp³-hybridized carbons (Fsp3) is 0.368. The van der Waals surface area contributed by atoms with Crippen molar-refractivity contribution in [2.24, 2.45) is 18.9 Å². The van der Waals surface area contributed by atoms with Gasteiger partial charge >= 0.3 is 0 Å². The lowest BCUT2D eigenvalue weighted by Gasteiger charge is -2.17. The van der Waals surface area contributed by atoms with Crippen LogP contribution in [0, 0.1) is 11.8 Å². The standard InChI is InChI=1S/C19H22ClN7O3/c1-3-15(29)27-6-11(9-28)12(7-27)10-30-18-16-14(20)5-21-17(16)24-19(25-18)23-13-4-22-26(2)8-13/h3-5,8,11-12,28H,1,6-7,9-10H2,2H3,(H2,21,23,24,25). The van der Waals surface area contributed by atoms with Crippen LogP contribution in [-0.2, 0) is 11.8 Å². The number of aryl methyl sites for hydroxylation is 1. The summed E-state index contributed by atoms with van der Waals surface area (Å²) in [4.78, 5) is 25.5. The normalized spacial score (nSPS) is 18.7. The lowest BCUT2D eigenvalue weighted by Crippen LogP contribution is -2.27. The van der Waals surface area contributed by atoms with E-state index in [0.717, 1.165) is 5.69 Å². The summed E-state index contributed by atoms with van der Waals surface area (Å²) in [6.45, 7) is 4.70. The molecule has 3 aromatic heterocycles. The van der Waals surface area contributed by atoms with E-state index in [1.54, 1.807) is 28.2 Å². The molecule has 3 N–H and O–H groups in total. The predicted octanol–water partition coefficient (Wildman–Crippen LogP) is 1.72. The molecule has 0 saturated carbocycles. The van der Waals surface area contributed by atoms with Crippen molar-refractivity contribution in [1.82, 2.24) is 29.6 Å². The molecular formula is C19H22ClN7O3. The molecule has 0 spiro atoms. The number of nitrogens with one attached hydrogen (secondary N) is 2. The maximum Gasteiger partial charge on any atom is 0.245 e. The van der Waals surface area contributed by atoms with Gasteiger partial charge in [0.25, 0.3) is 0 Å². The van der Waals surface area contributed by atoms with Crippen LogP contribution < -0.4 is 10.1 Å². The summed E-state index contributed by atoms with van der Waals surface area (Å²) in [7, 11) is 1.81. The van der Waals surface area contributed by atoms with E-state index in [2.05, 4.69) is 31.9 Å². The number of hydrogen-bond donors (Lipinski definition) is 3. The van der Waals surface area contributed by atoms with Gasteiger partial charge in [-0.1, -0.05) is 18.2 Å². The van der Waals surface area contributed by atoms with Crippen LogP contribution in [0.3, 0.4) is 0 Å². The zero-order chi connectivity index (χ0) is 21.3. The summed E-state index contributed by atoms with van der Waals surface area (Å²) in [5, 5.41) is 17.9. The topological polar surface area (TPSA) is 121 Å². The average molecular weight is 432 g/mol. The molecule has 10 nitrogen and oxygen atoms in total. The maximum atomic E-state index is 11.9. The van der Waals surface area contributed by atoms with Crippen molar-refractivity contribution in [2.75, 3.05) is 31.6 Å². The Morgan fingerprint density at radius 3 is 2.97 bits per heavy atom. The Labute approximate surface area is 177 Å². The van der Waals surface area contributed by atoms with Crippen molar-refractivity contribution >= 4 is 40.2 Å². The van der Waals surface area contributed by atoms with Crippen LogP contribution in [0.25, 0.3) is 11.0 Å². The first-order valence-electron chi connectivity index (χ1n) is 9.43. The summed E-state index contributed by atoms with van der Waals surface area (Å²) in [6, 6.07) is 0. The Balaban J connectivity index is 1.56. The summed E-state index contributed by atoms with van der Waals surface area (Å²) >= 11 is 6.30. The molecule has 0 bridgehead atoms. The summed E-state index contributed by atoms with van der Waals surface area (Å²) in [6.07, 6.45) is 6.36. The van der Waals surface area contributed by atoms with Crippen LogP contribution in [-0.4, -0.2) is 66.9 Å². The number of aliphatic hydroxyl groups excluding tert-OH is 1. The van der Waals surface area contributed by atoms with Gasteiger partial charge in [-0.15, -0.1) is 0 Å². The van der Waals surface area contributed by atoms with Crippen LogP contribution in [0.4, 0.5) is 11.6 Å². The molecule has 3 aromatic rings. The second-order valence-corrected chi connectivity index (χ2v) is 7.61. The third-order valence-electron chi connectivity index (χ3n) is 5.14. The number of nitrogens with zero attached hydrogens (tertiary/aromatic N) is 5. The first-order valence-corrected chi connectivity index (χ1v) is 9.81. The fourth-order valence-electron chi connectivity index (χ4n) is 3.57. The summed E-state index contributed by atoms with van der Waals surface area (Å²) in [5.41, 5.74) is 1.26. The smallest absolute Gasteiger partial charge is 0.245 e. The van der Waals surface area contributed by atoms with Crippen molar-refractivity contribution in [3.63, 3.8) is 0 Å². The molecule has 0 aromatic carbocycles. The highest BCUT2D eigenvalue weighted by molar-refractivity contribution is 6.35. The Bertz CT molecular complexity index is 1080. The van der Waals surface area contributed by atoms with Crippen molar-refractivity contribution in [3.8, 4) is 5.88 Å². The van der Waals surface area contributed by atoms with Crippen LogP contribution in [0.15, 0.2) is 31.2 Å². The first kappa shape index (κ1) is 20.2. The van der Waals surface area contributed by atoms with E-state index in [0.29, 0.717) is 41.0 Å². The molecule has 158 valence electrons. The molecule has 4 heterocycles. The minimum atomic E-state index is -0.156. The lowest BCUT2D eigenvalue weighted by molar-refractivity contribution is -0.125. The molecule has 0 aliphatic carbocycles. The number of aliphatic hydroxyl groups is 1. The number of aromatic amines is 1. The maximum absolute atomic E-state index is 11.9. The number of hydrogen-bond acceptors (Lipinski definition) is 7. The second-order valence-electron chi connectivity index (χ2n) is 7.20. The second kappa shape index (κ2) is 8.33. The van der Waals surface area contributed by atoms with Gasteiger partial charge in [0.15, 0.2) is 0 Å². The molecule has 1 saturated heterocycles. The highest BCUT2D eigenvalue weighted by Crippen LogP contribution is 2.32. The highest BCUT2D eigenvalue weighted by atomic mass is 35.5. The van der Waals surface area contributed by atoms with Gasteiger partial charge in [-0.05, 0) is 6.08 Å². The number of anilines is 2. The first-order chi connectivity index (χ1) is 14.5. The Morgan fingerprint density at radius 1 is 1.47 bits per heavy atom. The van der Waals surface area contributed by atoms with E-state index < -0.39 is 0 Å². The number of carbonyl (C=O) groups excluding carboxylic acids is 1. The lowest BCUT2D eigenvalue weighted by atomic mass is 9.98. The zero-order valence-corrected chi connectivity index (χ0v) is 17.1. The van der Waals surface area contributed by atoms with Gasteiger partial charge in [-0.3, -0.25) is 9.48 Å². The number of H-pyrrole nitrogens is 1. The minimum absolute atomic E-state index is 0.0349. The van der Waals surface area contributed by atoms with Gasteiger partial charge in [0.05, 0.1) is 28.9 Å². The molecular weight excluding hydrogens is 410 g/mol. The largest absolute Gasteiger partial charge is 0.477 e. The molecule has 1 aliphatic rings. The number of rotatable bonds is 7. The zero-order valence-electron chi connectivity index (χ0n) is 16.4. The SMILES string of the molecule is C=CC(=O)N1CC(CO)C(COc2nc(Nc3cnn(C)c3)nc3[nH]cc(Cl)c23)C1. The molecule has 0 radical (unpaired) electrons. The van der Waals surface area contributed by atoms with Gasteiger partial charge in [-0.2, -0.15) is 15.1 Å². The minimum Gasteiger partial charge on any atom is -0.477 e. The summed E-state index contributed by atoms with van der Waals surface area (Å²) < 4.78 is 7.69. The van der Waals surface area contributed by atoms with E-state index in [9.17, 15) is 9.90 Å². The predicted molar refractivity (Wildman–Crippen MR) is 112 cm³/mol. The highest BCUT2D eigenvalue weighted by Gasteiger charge is 2.34. The number of amides is 1. The Morgan fingerprint density at radius 2 is 2.27 bits per heavy atom. The van der Waals surface area contributed by atoms with Crippen molar-refractivity contribution < 1.29 is 14.6 Å². The molecule has 2 atom stereocenters. The summed E-state index contributed by atoms with van der Waals surface area (Å²) in [5.74, 6) is 0.370. The molecule has 4 rings (SSSR count). The number of likely N-dealkylation sites (tertiary alicyclic amines) is 1. The number of halogens is 1. The van der Waals surface area contributed by atoms with Gasteiger partial charge in [0, 0.05) is 51.0 Å². The van der Waals surface area contributed by atoms with Crippen LogP contribution >= 0.6 is 11.6 Å². The van der Waals surface area contributed by atoms with E-state index in [-0.39, 0.29) is 31.0 Å². The molecule has 1 amide bonds. The van der Waals surface area contributed by atoms with Gasteiger partial charge in [0.2, 0.25) is 17.7 Å². The van der Waals surface area contributed by atoms with Gasteiger partial charge < -0.3 is 25.0 Å². The van der Waals surface area contributed by atoms with E-state index in [1.807, 2.05) is 7.05 Å². The molecule has 1 fully saturated rings. The number of carbonyl (C=O) groups is 1.